The maximum atomic E-state index is 9.17. The van der Waals surface area contributed by atoms with Gasteiger partial charge < -0.3 is 10.2 Å². The number of hydrogen-bond acceptors (Lipinski definition) is 3. The molecule has 2 aromatic carbocycles. The van der Waals surface area contributed by atoms with Gasteiger partial charge in [-0.2, -0.15) is 0 Å². The molecule has 0 fully saturated rings. The second kappa shape index (κ2) is 5.75. The number of phenolic OH excluding ortho intramolecular Hbond substituents is 1. The quantitative estimate of drug-likeness (QED) is 0.814. The molecule has 2 aromatic rings. The molecule has 0 radical (unpaired) electrons. The van der Waals surface area contributed by atoms with E-state index >= 15 is 0 Å². The number of rotatable bonds is 4. The zero-order chi connectivity index (χ0) is 12.1. The summed E-state index contributed by atoms with van der Waals surface area (Å²) in [7, 11) is 0. The van der Waals surface area contributed by atoms with Crippen LogP contribution in [0.5, 0.6) is 5.75 Å². The molecular weight excluding hydrogens is 232 g/mol. The maximum absolute atomic E-state index is 9.17. The first-order valence-corrected chi connectivity index (χ1v) is 6.37. The summed E-state index contributed by atoms with van der Waals surface area (Å²) in [4.78, 5) is 1.18. The molecule has 0 aromatic heterocycles. The third kappa shape index (κ3) is 3.51. The van der Waals surface area contributed by atoms with Crippen LogP contribution in [0.25, 0.3) is 0 Å². The Bertz CT molecular complexity index is 463. The molecule has 0 bridgehead atoms. The highest BCUT2D eigenvalue weighted by Gasteiger charge is 1.97. The number of hydrogen-bond donors (Lipinski definition) is 2. The SMILES string of the molecule is OCc1ccc(SCc2ccc(O)cc2)cc1. The van der Waals surface area contributed by atoms with Crippen LogP contribution in [0.4, 0.5) is 0 Å². The predicted molar refractivity (Wildman–Crippen MR) is 70.0 cm³/mol. The smallest absolute Gasteiger partial charge is 0.115 e. The van der Waals surface area contributed by atoms with E-state index in [1.807, 2.05) is 36.4 Å². The molecule has 88 valence electrons. The van der Waals surface area contributed by atoms with Gasteiger partial charge >= 0.3 is 0 Å². The molecule has 2 nitrogen and oxygen atoms in total. The predicted octanol–water partition coefficient (Wildman–Crippen LogP) is 3.18. The van der Waals surface area contributed by atoms with Gasteiger partial charge in [0.05, 0.1) is 6.61 Å². The summed E-state index contributed by atoms with van der Waals surface area (Å²) in [5.74, 6) is 1.17. The van der Waals surface area contributed by atoms with Crippen LogP contribution < -0.4 is 0 Å². The Balaban J connectivity index is 1.95. The van der Waals surface area contributed by atoms with Crippen molar-refractivity contribution in [3.05, 3.63) is 59.7 Å². The van der Waals surface area contributed by atoms with E-state index in [4.69, 9.17) is 10.2 Å². The number of phenols is 1. The van der Waals surface area contributed by atoms with E-state index in [0.717, 1.165) is 11.3 Å². The van der Waals surface area contributed by atoms with Gasteiger partial charge in [0.1, 0.15) is 5.75 Å². The molecule has 0 amide bonds. The zero-order valence-electron chi connectivity index (χ0n) is 9.34. The fraction of sp³-hybridized carbons (Fsp3) is 0.143. The summed E-state index contributed by atoms with van der Waals surface area (Å²) in [6, 6.07) is 15.1. The molecular formula is C14H14O2S. The van der Waals surface area contributed by atoms with Gasteiger partial charge in [0.25, 0.3) is 0 Å². The Morgan fingerprint density at radius 3 is 2.00 bits per heavy atom. The van der Waals surface area contributed by atoms with E-state index in [1.54, 1.807) is 23.9 Å². The fourth-order valence-electron chi connectivity index (χ4n) is 1.45. The molecule has 0 aliphatic carbocycles. The number of aromatic hydroxyl groups is 1. The van der Waals surface area contributed by atoms with Crippen molar-refractivity contribution in [3.63, 3.8) is 0 Å². The summed E-state index contributed by atoms with van der Waals surface area (Å²) >= 11 is 1.74. The average Bonchev–Trinajstić information content (AvgIpc) is 2.39. The van der Waals surface area contributed by atoms with E-state index in [0.29, 0.717) is 5.75 Å². The molecule has 0 aliphatic rings. The number of aliphatic hydroxyl groups excluding tert-OH is 1. The van der Waals surface area contributed by atoms with Gasteiger partial charge in [0.2, 0.25) is 0 Å². The third-order valence-electron chi connectivity index (χ3n) is 2.45. The van der Waals surface area contributed by atoms with Crippen molar-refractivity contribution >= 4 is 11.8 Å². The van der Waals surface area contributed by atoms with E-state index < -0.39 is 0 Å². The van der Waals surface area contributed by atoms with Crippen LogP contribution in [-0.2, 0) is 12.4 Å². The van der Waals surface area contributed by atoms with Crippen LogP contribution in [0.2, 0.25) is 0 Å². The molecule has 0 spiro atoms. The fourth-order valence-corrected chi connectivity index (χ4v) is 2.30. The first-order chi connectivity index (χ1) is 8.28. The molecule has 0 unspecified atom stereocenters. The molecule has 0 atom stereocenters. The minimum Gasteiger partial charge on any atom is -0.508 e. The van der Waals surface area contributed by atoms with Crippen molar-refractivity contribution in [2.24, 2.45) is 0 Å². The molecule has 2 N–H and O–H groups in total. The van der Waals surface area contributed by atoms with Gasteiger partial charge in [-0.25, -0.2) is 0 Å². The van der Waals surface area contributed by atoms with Crippen LogP contribution in [-0.4, -0.2) is 10.2 Å². The molecule has 0 aliphatic heterocycles. The highest BCUT2D eigenvalue weighted by Crippen LogP contribution is 2.23. The number of aliphatic hydroxyl groups is 1. The van der Waals surface area contributed by atoms with Crippen LogP contribution in [0, 0.1) is 0 Å². The monoisotopic (exact) mass is 246 g/mol. The Morgan fingerprint density at radius 2 is 1.41 bits per heavy atom. The Labute approximate surface area is 105 Å². The van der Waals surface area contributed by atoms with Crippen LogP contribution >= 0.6 is 11.8 Å². The van der Waals surface area contributed by atoms with Crippen LogP contribution in [0.1, 0.15) is 11.1 Å². The largest absolute Gasteiger partial charge is 0.508 e. The van der Waals surface area contributed by atoms with Crippen LogP contribution in [0.3, 0.4) is 0 Å². The molecule has 0 heterocycles. The van der Waals surface area contributed by atoms with Gasteiger partial charge in [-0.15, -0.1) is 11.8 Å². The average molecular weight is 246 g/mol. The Hall–Kier alpha value is -1.45. The topological polar surface area (TPSA) is 40.5 Å². The van der Waals surface area contributed by atoms with Crippen molar-refractivity contribution in [1.29, 1.82) is 0 Å². The molecule has 3 heteroatoms. The standard InChI is InChI=1S/C14H14O2S/c15-9-11-3-7-14(8-4-11)17-10-12-1-5-13(16)6-2-12/h1-8,15-16H,9-10H2. The first-order valence-electron chi connectivity index (χ1n) is 5.38. The lowest BCUT2D eigenvalue weighted by atomic mass is 10.2. The molecule has 0 saturated heterocycles. The highest BCUT2D eigenvalue weighted by atomic mass is 32.2. The van der Waals surface area contributed by atoms with Crippen molar-refractivity contribution in [1.82, 2.24) is 0 Å². The lowest BCUT2D eigenvalue weighted by Crippen LogP contribution is -1.83. The zero-order valence-corrected chi connectivity index (χ0v) is 10.2. The Morgan fingerprint density at radius 1 is 0.824 bits per heavy atom. The van der Waals surface area contributed by atoms with Gasteiger partial charge in [-0.3, -0.25) is 0 Å². The third-order valence-corrected chi connectivity index (χ3v) is 3.53. The summed E-state index contributed by atoms with van der Waals surface area (Å²) in [6.07, 6.45) is 0. The second-order valence-corrected chi connectivity index (χ2v) is 4.81. The summed E-state index contributed by atoms with van der Waals surface area (Å²) < 4.78 is 0. The van der Waals surface area contributed by atoms with Gasteiger partial charge in [0.15, 0.2) is 0 Å². The number of benzene rings is 2. The normalized spacial score (nSPS) is 10.4. The van der Waals surface area contributed by atoms with Crippen molar-refractivity contribution in [2.45, 2.75) is 17.3 Å². The summed E-state index contributed by atoms with van der Waals surface area (Å²) in [5.41, 5.74) is 2.11. The summed E-state index contributed by atoms with van der Waals surface area (Å²) in [5, 5.41) is 18.1. The molecule has 2 rings (SSSR count). The van der Waals surface area contributed by atoms with E-state index in [2.05, 4.69) is 0 Å². The minimum absolute atomic E-state index is 0.0862. The maximum Gasteiger partial charge on any atom is 0.115 e. The molecule has 17 heavy (non-hydrogen) atoms. The minimum atomic E-state index is 0.0862. The van der Waals surface area contributed by atoms with Crippen molar-refractivity contribution in [2.75, 3.05) is 0 Å². The van der Waals surface area contributed by atoms with Gasteiger partial charge in [-0.1, -0.05) is 24.3 Å². The van der Waals surface area contributed by atoms with E-state index in [1.165, 1.54) is 10.5 Å². The lowest BCUT2D eigenvalue weighted by Gasteiger charge is -2.03. The second-order valence-electron chi connectivity index (χ2n) is 3.76. The lowest BCUT2D eigenvalue weighted by molar-refractivity contribution is 0.282. The molecule has 0 saturated carbocycles. The van der Waals surface area contributed by atoms with Gasteiger partial charge in [-0.05, 0) is 35.4 Å². The Kier molecular flexibility index (Phi) is 4.07. The van der Waals surface area contributed by atoms with E-state index in [9.17, 15) is 0 Å². The number of thioether (sulfide) groups is 1. The van der Waals surface area contributed by atoms with Crippen molar-refractivity contribution < 1.29 is 10.2 Å². The first kappa shape index (κ1) is 12.0. The van der Waals surface area contributed by atoms with Gasteiger partial charge in [0, 0.05) is 10.6 Å². The van der Waals surface area contributed by atoms with E-state index in [-0.39, 0.29) is 6.61 Å². The highest BCUT2D eigenvalue weighted by molar-refractivity contribution is 7.98. The van der Waals surface area contributed by atoms with Crippen molar-refractivity contribution in [3.8, 4) is 5.75 Å². The summed E-state index contributed by atoms with van der Waals surface area (Å²) in [6.45, 7) is 0.0862. The van der Waals surface area contributed by atoms with Crippen LogP contribution in [0.15, 0.2) is 53.4 Å².